The predicted molar refractivity (Wildman–Crippen MR) is 109 cm³/mol. The van der Waals surface area contributed by atoms with Gasteiger partial charge in [0, 0.05) is 29.6 Å². The van der Waals surface area contributed by atoms with Crippen LogP contribution in [-0.2, 0) is 9.59 Å². The van der Waals surface area contributed by atoms with Crippen LogP contribution >= 0.6 is 0 Å². The lowest BCUT2D eigenvalue weighted by Gasteiger charge is -2.17. The molecule has 1 N–H and O–H groups in total. The summed E-state index contributed by atoms with van der Waals surface area (Å²) in [5, 5.41) is 7.86. The third-order valence-electron chi connectivity index (χ3n) is 4.83. The molecule has 1 fully saturated rings. The van der Waals surface area contributed by atoms with Crippen LogP contribution in [0.1, 0.15) is 18.4 Å². The van der Waals surface area contributed by atoms with Gasteiger partial charge in [-0.2, -0.15) is 0 Å². The molecule has 0 radical (unpaired) electrons. The largest absolute Gasteiger partial charge is 0.497 e. The fraction of sp³-hybridized carbons (Fsp3) is 0.227. The summed E-state index contributed by atoms with van der Waals surface area (Å²) >= 11 is 0. The van der Waals surface area contributed by atoms with E-state index in [0.717, 1.165) is 35.1 Å². The minimum Gasteiger partial charge on any atom is -0.497 e. The second kappa shape index (κ2) is 8.68. The highest BCUT2D eigenvalue weighted by molar-refractivity contribution is 5.98. The van der Waals surface area contributed by atoms with E-state index in [1.807, 2.05) is 36.1 Å². The molecule has 1 aromatic heterocycles. The Labute approximate surface area is 167 Å². The molecule has 4 rings (SSSR count). The molecule has 7 heteroatoms. The van der Waals surface area contributed by atoms with Gasteiger partial charge in [0.2, 0.25) is 5.91 Å². The van der Waals surface area contributed by atoms with Crippen LogP contribution in [0.15, 0.2) is 42.5 Å². The van der Waals surface area contributed by atoms with Gasteiger partial charge < -0.3 is 14.7 Å². The van der Waals surface area contributed by atoms with Gasteiger partial charge in [-0.15, -0.1) is 0 Å². The van der Waals surface area contributed by atoms with Gasteiger partial charge in [0.15, 0.2) is 0 Å². The van der Waals surface area contributed by atoms with Gasteiger partial charge in [0.1, 0.15) is 11.6 Å². The number of anilines is 1. The summed E-state index contributed by atoms with van der Waals surface area (Å²) in [4.78, 5) is 26.8. The van der Waals surface area contributed by atoms with Crippen LogP contribution in [0.5, 0.6) is 5.75 Å². The van der Waals surface area contributed by atoms with E-state index in [0.29, 0.717) is 23.4 Å². The zero-order valence-corrected chi connectivity index (χ0v) is 16.2. The van der Waals surface area contributed by atoms with Crippen molar-refractivity contribution in [2.24, 2.45) is 0 Å². The van der Waals surface area contributed by atoms with E-state index < -0.39 is 0 Å². The molecule has 1 aliphatic heterocycles. The molecule has 29 heavy (non-hydrogen) atoms. The van der Waals surface area contributed by atoms with E-state index in [2.05, 4.69) is 4.98 Å². The van der Waals surface area contributed by atoms with Crippen LogP contribution in [0.25, 0.3) is 22.2 Å². The average Bonchev–Trinajstić information content (AvgIpc) is 3.14. The smallest absolute Gasteiger partial charge is 0.290 e. The number of ether oxygens (including phenoxy) is 1. The molecule has 1 saturated heterocycles. The van der Waals surface area contributed by atoms with Crippen molar-refractivity contribution in [2.75, 3.05) is 18.6 Å². The summed E-state index contributed by atoms with van der Waals surface area (Å²) in [6.07, 6.45) is 1.49. The Morgan fingerprint density at radius 2 is 1.97 bits per heavy atom. The van der Waals surface area contributed by atoms with Crippen molar-refractivity contribution in [1.29, 1.82) is 0 Å². The van der Waals surface area contributed by atoms with Gasteiger partial charge in [-0.25, -0.2) is 9.37 Å². The summed E-state index contributed by atoms with van der Waals surface area (Å²) in [5.41, 5.74) is 3.63. The van der Waals surface area contributed by atoms with Crippen LogP contribution in [0.2, 0.25) is 0 Å². The third-order valence-corrected chi connectivity index (χ3v) is 4.83. The van der Waals surface area contributed by atoms with Crippen LogP contribution in [0.4, 0.5) is 10.1 Å². The topological polar surface area (TPSA) is 79.7 Å². The number of benzene rings is 2. The van der Waals surface area contributed by atoms with Crippen molar-refractivity contribution in [1.82, 2.24) is 4.98 Å². The number of hydrogen-bond acceptors (Lipinski definition) is 4. The van der Waals surface area contributed by atoms with Gasteiger partial charge in [-0.05, 0) is 61.4 Å². The van der Waals surface area contributed by atoms with Crippen molar-refractivity contribution in [3.63, 3.8) is 0 Å². The maximum absolute atomic E-state index is 14.3. The van der Waals surface area contributed by atoms with Gasteiger partial charge in [0.25, 0.3) is 6.47 Å². The monoisotopic (exact) mass is 396 g/mol. The van der Waals surface area contributed by atoms with Crippen LogP contribution < -0.4 is 9.64 Å². The van der Waals surface area contributed by atoms with Crippen molar-refractivity contribution in [3.05, 3.63) is 53.8 Å². The van der Waals surface area contributed by atoms with Crippen molar-refractivity contribution >= 4 is 29.0 Å². The Morgan fingerprint density at radius 3 is 2.62 bits per heavy atom. The molecule has 0 spiro atoms. The number of nitrogens with zero attached hydrogens (tertiary/aromatic N) is 2. The molecule has 2 heterocycles. The van der Waals surface area contributed by atoms with E-state index in [4.69, 9.17) is 14.6 Å². The number of fused-ring (bicyclic) bond motifs is 1. The fourth-order valence-corrected chi connectivity index (χ4v) is 3.44. The molecule has 0 saturated carbocycles. The second-order valence-electron chi connectivity index (χ2n) is 6.63. The first-order valence-electron chi connectivity index (χ1n) is 9.12. The van der Waals surface area contributed by atoms with Crippen LogP contribution in [-0.4, -0.2) is 36.1 Å². The first kappa shape index (κ1) is 20.3. The molecule has 1 aliphatic rings. The highest BCUT2D eigenvalue weighted by Gasteiger charge is 2.22. The van der Waals surface area contributed by atoms with Gasteiger partial charge >= 0.3 is 0 Å². The van der Waals surface area contributed by atoms with E-state index in [-0.39, 0.29) is 18.2 Å². The Balaban J connectivity index is 0.000000755. The molecule has 0 atom stereocenters. The van der Waals surface area contributed by atoms with Crippen LogP contribution in [0, 0.1) is 12.7 Å². The van der Waals surface area contributed by atoms with E-state index >= 15 is 0 Å². The number of aryl methyl sites for hydroxylation is 1. The van der Waals surface area contributed by atoms with Crippen molar-refractivity contribution in [3.8, 4) is 17.0 Å². The number of aromatic nitrogens is 1. The molecule has 1 amide bonds. The molecular weight excluding hydrogens is 375 g/mol. The lowest BCUT2D eigenvalue weighted by molar-refractivity contribution is -0.123. The average molecular weight is 396 g/mol. The third kappa shape index (κ3) is 4.18. The first-order chi connectivity index (χ1) is 14.0. The maximum Gasteiger partial charge on any atom is 0.290 e. The number of rotatable bonds is 3. The number of halogens is 1. The van der Waals surface area contributed by atoms with E-state index in [1.165, 1.54) is 6.07 Å². The number of pyridine rings is 1. The highest BCUT2D eigenvalue weighted by Crippen LogP contribution is 2.31. The summed E-state index contributed by atoms with van der Waals surface area (Å²) in [6, 6.07) is 12.3. The lowest BCUT2D eigenvalue weighted by Crippen LogP contribution is -2.23. The maximum atomic E-state index is 14.3. The first-order valence-corrected chi connectivity index (χ1v) is 9.12. The fourth-order valence-electron chi connectivity index (χ4n) is 3.44. The summed E-state index contributed by atoms with van der Waals surface area (Å²) in [7, 11) is 1.55. The van der Waals surface area contributed by atoms with E-state index in [9.17, 15) is 9.18 Å². The number of carboxylic acid groups (broad SMARTS) is 1. The normalized spacial score (nSPS) is 13.2. The minimum atomic E-state index is -0.337. The number of carbonyl (C=O) groups is 2. The zero-order chi connectivity index (χ0) is 21.0. The molecule has 3 aromatic rings. The number of hydrogen-bond donors (Lipinski definition) is 1. The lowest BCUT2D eigenvalue weighted by atomic mass is 10.0. The predicted octanol–water partition coefficient (Wildman–Crippen LogP) is 4.19. The highest BCUT2D eigenvalue weighted by atomic mass is 19.1. The molecular formula is C22H21FN2O4. The Kier molecular flexibility index (Phi) is 6.07. The zero-order valence-electron chi connectivity index (χ0n) is 16.2. The molecule has 150 valence electrons. The standard InChI is InChI=1S/C21H19FN2O2.CH2O2/c1-13-10-20(17-12-15(26-2)6-7-18(17)22)23-19-8-5-14(11-16(13)19)24-9-3-4-21(24)25;2-1-3/h5-8,10-12H,3-4,9H2,1-2H3;1H,(H,2,3). The molecule has 6 nitrogen and oxygen atoms in total. The van der Waals surface area contributed by atoms with E-state index in [1.54, 1.807) is 19.2 Å². The molecule has 0 bridgehead atoms. The quantitative estimate of drug-likeness (QED) is 0.672. The SMILES string of the molecule is COc1ccc(F)c(-c2cc(C)c3cc(N4CCCC4=O)ccc3n2)c1.O=CO. The number of methoxy groups -OCH3 is 1. The van der Waals surface area contributed by atoms with Gasteiger partial charge in [0.05, 0.1) is 18.3 Å². The summed E-state index contributed by atoms with van der Waals surface area (Å²) in [6.45, 7) is 2.48. The van der Waals surface area contributed by atoms with Crippen LogP contribution in [0.3, 0.4) is 0 Å². The summed E-state index contributed by atoms with van der Waals surface area (Å²) in [5.74, 6) is 0.408. The van der Waals surface area contributed by atoms with Gasteiger partial charge in [-0.1, -0.05) is 0 Å². The van der Waals surface area contributed by atoms with Crippen molar-refractivity contribution < 1.29 is 23.8 Å². The van der Waals surface area contributed by atoms with Gasteiger partial charge in [-0.3, -0.25) is 9.59 Å². The molecule has 0 aliphatic carbocycles. The Bertz CT molecular complexity index is 1070. The minimum absolute atomic E-state index is 0.157. The Morgan fingerprint density at radius 1 is 1.21 bits per heavy atom. The number of amides is 1. The van der Waals surface area contributed by atoms with Crippen molar-refractivity contribution in [2.45, 2.75) is 19.8 Å². The number of carbonyl (C=O) groups excluding carboxylic acids is 1. The summed E-state index contributed by atoms with van der Waals surface area (Å²) < 4.78 is 19.5. The molecule has 2 aromatic carbocycles. The Hall–Kier alpha value is -3.48. The molecule has 0 unspecified atom stereocenters. The second-order valence-corrected chi connectivity index (χ2v) is 6.63.